The first-order chi connectivity index (χ1) is 11.6. The Bertz CT molecular complexity index is 483. The minimum atomic E-state index is -0.0971. The van der Waals surface area contributed by atoms with Gasteiger partial charge < -0.3 is 15.5 Å². The quantitative estimate of drug-likeness (QED) is 0.820. The van der Waals surface area contributed by atoms with Crippen molar-refractivity contribution < 1.29 is 9.59 Å². The molecule has 0 aromatic carbocycles. The Hall–Kier alpha value is -1.10. The molecule has 0 radical (unpaired) electrons. The third-order valence-electron chi connectivity index (χ3n) is 6.97. The predicted octanol–water partition coefficient (Wildman–Crippen LogP) is 1.53. The molecule has 5 heteroatoms. The lowest BCUT2D eigenvalue weighted by Gasteiger charge is -2.55. The van der Waals surface area contributed by atoms with Crippen molar-refractivity contribution in [3.05, 3.63) is 0 Å². The lowest BCUT2D eigenvalue weighted by atomic mass is 9.49. The van der Waals surface area contributed by atoms with Crippen LogP contribution in [0.4, 0.5) is 0 Å². The molecule has 1 saturated heterocycles. The predicted molar refractivity (Wildman–Crippen MR) is 92.3 cm³/mol. The van der Waals surface area contributed by atoms with E-state index in [1.54, 1.807) is 0 Å². The van der Waals surface area contributed by atoms with Crippen molar-refractivity contribution in [2.45, 2.75) is 57.9 Å². The molecular weight excluding hydrogens is 302 g/mol. The number of carbonyl (C=O) groups is 2. The van der Waals surface area contributed by atoms with Crippen LogP contribution in [0.3, 0.4) is 0 Å². The second kappa shape index (κ2) is 6.32. The van der Waals surface area contributed by atoms with Crippen molar-refractivity contribution in [1.82, 2.24) is 15.5 Å². The van der Waals surface area contributed by atoms with E-state index in [0.29, 0.717) is 13.0 Å². The molecule has 5 aliphatic rings. The Balaban J connectivity index is 1.28. The van der Waals surface area contributed by atoms with Gasteiger partial charge in [-0.05, 0) is 63.2 Å². The largest absolute Gasteiger partial charge is 0.355 e. The number of piperazine rings is 1. The molecule has 4 aliphatic carbocycles. The molecule has 134 valence electrons. The van der Waals surface area contributed by atoms with E-state index in [0.717, 1.165) is 56.7 Å². The lowest BCUT2D eigenvalue weighted by Crippen LogP contribution is -2.54. The van der Waals surface area contributed by atoms with Crippen molar-refractivity contribution in [1.29, 1.82) is 0 Å². The van der Waals surface area contributed by atoms with Gasteiger partial charge in [-0.2, -0.15) is 0 Å². The molecule has 0 unspecified atom stereocenters. The highest BCUT2D eigenvalue weighted by Gasteiger charge is 2.54. The summed E-state index contributed by atoms with van der Waals surface area (Å²) in [4.78, 5) is 27.2. The molecule has 0 aromatic heterocycles. The number of hydrogen-bond acceptors (Lipinski definition) is 3. The van der Waals surface area contributed by atoms with Crippen LogP contribution in [0.1, 0.15) is 51.9 Å². The highest BCUT2D eigenvalue weighted by molar-refractivity contribution is 5.84. The number of carbonyl (C=O) groups excluding carboxylic acids is 2. The topological polar surface area (TPSA) is 61.4 Å². The first-order valence-electron chi connectivity index (χ1n) is 9.84. The van der Waals surface area contributed by atoms with Gasteiger partial charge in [-0.1, -0.05) is 0 Å². The monoisotopic (exact) mass is 333 g/mol. The molecule has 1 aliphatic heterocycles. The van der Waals surface area contributed by atoms with Crippen LogP contribution in [0.25, 0.3) is 0 Å². The summed E-state index contributed by atoms with van der Waals surface area (Å²) < 4.78 is 0. The van der Waals surface area contributed by atoms with Crippen molar-refractivity contribution in [2.75, 3.05) is 26.2 Å². The normalized spacial score (nSPS) is 40.6. The van der Waals surface area contributed by atoms with Gasteiger partial charge in [0, 0.05) is 44.1 Å². The SMILES string of the molecule is C[C@H]1CNCCN1C(=O)CCNC(=O)C12CC3CC(CC(C3)C1)C2. The van der Waals surface area contributed by atoms with Gasteiger partial charge in [-0.15, -0.1) is 0 Å². The molecule has 0 spiro atoms. The van der Waals surface area contributed by atoms with E-state index < -0.39 is 0 Å². The zero-order valence-electron chi connectivity index (χ0n) is 14.9. The maximum atomic E-state index is 12.9. The molecule has 5 rings (SSSR count). The standard InChI is InChI=1S/C19H31N3O2/c1-13-12-20-4-5-22(13)17(23)2-3-21-18(24)19-9-14-6-15(10-19)8-16(7-14)11-19/h13-16,20H,2-12H2,1H3,(H,21,24)/t13-,14?,15?,16?,19?/m0/s1. The Morgan fingerprint density at radius 1 is 1.12 bits per heavy atom. The first-order valence-corrected chi connectivity index (χ1v) is 9.84. The number of nitrogens with zero attached hydrogens (tertiary/aromatic N) is 1. The van der Waals surface area contributed by atoms with Gasteiger partial charge in [0.1, 0.15) is 0 Å². The van der Waals surface area contributed by atoms with Crippen LogP contribution < -0.4 is 10.6 Å². The van der Waals surface area contributed by atoms with E-state index in [4.69, 9.17) is 0 Å². The van der Waals surface area contributed by atoms with Gasteiger partial charge in [0.05, 0.1) is 0 Å². The van der Waals surface area contributed by atoms with Crippen LogP contribution in [0.5, 0.6) is 0 Å². The number of hydrogen-bond donors (Lipinski definition) is 2. The van der Waals surface area contributed by atoms with Crippen LogP contribution in [0.15, 0.2) is 0 Å². The maximum absolute atomic E-state index is 12.9. The molecule has 0 aromatic rings. The van der Waals surface area contributed by atoms with Gasteiger partial charge in [-0.3, -0.25) is 9.59 Å². The zero-order valence-corrected chi connectivity index (χ0v) is 14.9. The fourth-order valence-corrected chi connectivity index (χ4v) is 6.21. The molecule has 4 saturated carbocycles. The van der Waals surface area contributed by atoms with Crippen LogP contribution in [0, 0.1) is 23.2 Å². The smallest absolute Gasteiger partial charge is 0.226 e. The van der Waals surface area contributed by atoms with Gasteiger partial charge in [-0.25, -0.2) is 0 Å². The van der Waals surface area contributed by atoms with Crippen molar-refractivity contribution in [2.24, 2.45) is 23.2 Å². The summed E-state index contributed by atoms with van der Waals surface area (Å²) in [5.74, 6) is 2.76. The van der Waals surface area contributed by atoms with Crippen molar-refractivity contribution in [3.8, 4) is 0 Å². The van der Waals surface area contributed by atoms with E-state index in [1.807, 2.05) is 4.90 Å². The van der Waals surface area contributed by atoms with E-state index in [9.17, 15) is 9.59 Å². The molecule has 1 atom stereocenters. The summed E-state index contributed by atoms with van der Waals surface area (Å²) in [6.07, 6.45) is 7.76. The third-order valence-corrected chi connectivity index (χ3v) is 6.97. The summed E-state index contributed by atoms with van der Waals surface area (Å²) >= 11 is 0. The van der Waals surface area contributed by atoms with Crippen molar-refractivity contribution in [3.63, 3.8) is 0 Å². The fraction of sp³-hybridized carbons (Fsp3) is 0.895. The zero-order chi connectivity index (χ0) is 16.7. The van der Waals surface area contributed by atoms with E-state index in [2.05, 4.69) is 17.6 Å². The second-order valence-electron chi connectivity index (χ2n) is 8.84. The first kappa shape index (κ1) is 16.4. The van der Waals surface area contributed by atoms with E-state index in [1.165, 1.54) is 19.3 Å². The Morgan fingerprint density at radius 3 is 2.33 bits per heavy atom. The average Bonchev–Trinajstić information content (AvgIpc) is 2.53. The summed E-state index contributed by atoms with van der Waals surface area (Å²) in [6.45, 7) is 5.10. The lowest BCUT2D eigenvalue weighted by molar-refractivity contribution is -0.146. The minimum Gasteiger partial charge on any atom is -0.355 e. The summed E-state index contributed by atoms with van der Waals surface area (Å²) in [5.41, 5.74) is -0.0971. The van der Waals surface area contributed by atoms with Crippen molar-refractivity contribution >= 4 is 11.8 Å². The summed E-state index contributed by atoms with van der Waals surface area (Å²) in [5, 5.41) is 6.43. The summed E-state index contributed by atoms with van der Waals surface area (Å²) in [6, 6.07) is 0.255. The number of rotatable bonds is 4. The average molecular weight is 333 g/mol. The molecule has 4 bridgehead atoms. The van der Waals surface area contributed by atoms with Crippen LogP contribution in [0.2, 0.25) is 0 Å². The van der Waals surface area contributed by atoms with E-state index in [-0.39, 0.29) is 23.3 Å². The van der Waals surface area contributed by atoms with Gasteiger partial charge in [0.2, 0.25) is 11.8 Å². The maximum Gasteiger partial charge on any atom is 0.226 e. The van der Waals surface area contributed by atoms with Gasteiger partial charge in [0.25, 0.3) is 0 Å². The number of nitrogens with one attached hydrogen (secondary N) is 2. The Kier molecular flexibility index (Phi) is 4.31. The van der Waals surface area contributed by atoms with Gasteiger partial charge in [0.15, 0.2) is 0 Å². The molecule has 2 N–H and O–H groups in total. The van der Waals surface area contributed by atoms with Gasteiger partial charge >= 0.3 is 0 Å². The Morgan fingerprint density at radius 2 is 1.75 bits per heavy atom. The molecule has 5 nitrogen and oxygen atoms in total. The third kappa shape index (κ3) is 2.96. The molecule has 2 amide bonds. The molecule has 5 fully saturated rings. The molecular formula is C19H31N3O2. The highest BCUT2D eigenvalue weighted by atomic mass is 16.2. The molecule has 24 heavy (non-hydrogen) atoms. The van der Waals surface area contributed by atoms with Crippen LogP contribution in [-0.2, 0) is 9.59 Å². The minimum absolute atomic E-state index is 0.0971. The fourth-order valence-electron chi connectivity index (χ4n) is 6.21. The number of amides is 2. The Labute approximate surface area is 144 Å². The molecule has 1 heterocycles. The summed E-state index contributed by atoms with van der Waals surface area (Å²) in [7, 11) is 0. The van der Waals surface area contributed by atoms with E-state index >= 15 is 0 Å². The second-order valence-corrected chi connectivity index (χ2v) is 8.84. The van der Waals surface area contributed by atoms with Crippen LogP contribution in [-0.4, -0.2) is 48.9 Å². The van der Waals surface area contributed by atoms with Crippen LogP contribution >= 0.6 is 0 Å². The highest BCUT2D eigenvalue weighted by Crippen LogP contribution is 2.60.